The van der Waals surface area contributed by atoms with E-state index in [1.54, 1.807) is 13.0 Å². The molecule has 0 bridgehead atoms. The van der Waals surface area contributed by atoms with Gasteiger partial charge in [0.25, 0.3) is 0 Å². The minimum Gasteiger partial charge on any atom is -0.486 e. The fourth-order valence-corrected chi connectivity index (χ4v) is 5.00. The molecule has 10 heteroatoms. The molecule has 2 aliphatic rings. The number of hydrogen-bond donors (Lipinski definition) is 0. The Labute approximate surface area is 175 Å². The van der Waals surface area contributed by atoms with Gasteiger partial charge in [-0.05, 0) is 38.8 Å². The monoisotopic (exact) mass is 436 g/mol. The highest BCUT2D eigenvalue weighted by Gasteiger charge is 2.33. The molecule has 0 amide bonds. The van der Waals surface area contributed by atoms with Crippen LogP contribution < -0.4 is 9.47 Å². The van der Waals surface area contributed by atoms with Crippen molar-refractivity contribution in [2.75, 3.05) is 26.3 Å². The van der Waals surface area contributed by atoms with E-state index >= 15 is 0 Å². The van der Waals surface area contributed by atoms with Crippen molar-refractivity contribution in [1.82, 2.24) is 9.29 Å². The molecule has 1 aromatic carbocycles. The second-order valence-electron chi connectivity index (χ2n) is 7.34. The number of rotatable bonds is 5. The summed E-state index contributed by atoms with van der Waals surface area (Å²) in [4.78, 5) is 16.7. The van der Waals surface area contributed by atoms with Gasteiger partial charge in [-0.25, -0.2) is 13.4 Å². The number of aryl methyl sites for hydroxylation is 2. The quantitative estimate of drug-likeness (QED) is 0.657. The average Bonchev–Trinajstić information content (AvgIpc) is 3.09. The Hall–Kier alpha value is -2.59. The van der Waals surface area contributed by atoms with Crippen molar-refractivity contribution in [1.29, 1.82) is 0 Å². The predicted octanol–water partition coefficient (Wildman–Crippen LogP) is 2.21. The number of fused-ring (bicyclic) bond motifs is 1. The summed E-state index contributed by atoms with van der Waals surface area (Å²) < 4.78 is 49.0. The highest BCUT2D eigenvalue weighted by Crippen LogP contribution is 2.34. The largest absolute Gasteiger partial charge is 0.486 e. The van der Waals surface area contributed by atoms with Gasteiger partial charge in [0, 0.05) is 19.2 Å². The van der Waals surface area contributed by atoms with Crippen LogP contribution in [0.4, 0.5) is 0 Å². The van der Waals surface area contributed by atoms with Crippen molar-refractivity contribution < 1.29 is 31.8 Å². The molecule has 3 heterocycles. The normalized spacial score (nSPS) is 17.7. The van der Waals surface area contributed by atoms with E-state index in [9.17, 15) is 13.2 Å². The third-order valence-electron chi connectivity index (χ3n) is 5.35. The molecule has 1 fully saturated rings. The number of nitrogens with zero attached hydrogens (tertiary/aromatic N) is 2. The van der Waals surface area contributed by atoms with E-state index in [-0.39, 0.29) is 36.5 Å². The molecule has 2 aliphatic heterocycles. The van der Waals surface area contributed by atoms with Gasteiger partial charge in [-0.1, -0.05) is 0 Å². The molecule has 2 aromatic rings. The van der Waals surface area contributed by atoms with E-state index in [1.165, 1.54) is 16.4 Å². The second-order valence-corrected chi connectivity index (χ2v) is 9.28. The van der Waals surface area contributed by atoms with Crippen LogP contribution in [0.5, 0.6) is 11.5 Å². The van der Waals surface area contributed by atoms with Crippen molar-refractivity contribution in [3.8, 4) is 11.5 Å². The van der Waals surface area contributed by atoms with Crippen LogP contribution in [0.1, 0.15) is 30.2 Å². The van der Waals surface area contributed by atoms with E-state index in [2.05, 4.69) is 4.98 Å². The fourth-order valence-electron chi connectivity index (χ4n) is 3.52. The lowest BCUT2D eigenvalue weighted by molar-refractivity contribution is -0.151. The van der Waals surface area contributed by atoms with E-state index in [4.69, 9.17) is 18.6 Å². The maximum atomic E-state index is 13.0. The van der Waals surface area contributed by atoms with Crippen molar-refractivity contribution in [2.24, 2.45) is 5.92 Å². The first kappa shape index (κ1) is 20.7. The molecular formula is C20H24N2O7S. The number of carbonyl (C=O) groups excluding carboxylic acids is 1. The van der Waals surface area contributed by atoms with E-state index in [0.29, 0.717) is 49.2 Å². The number of ether oxygens (including phenoxy) is 3. The first-order valence-electron chi connectivity index (χ1n) is 9.84. The van der Waals surface area contributed by atoms with Gasteiger partial charge in [0.2, 0.25) is 15.9 Å². The van der Waals surface area contributed by atoms with Crippen LogP contribution >= 0.6 is 0 Å². The Morgan fingerprint density at radius 2 is 1.87 bits per heavy atom. The lowest BCUT2D eigenvalue weighted by atomic mass is 9.98. The van der Waals surface area contributed by atoms with Crippen molar-refractivity contribution >= 4 is 16.0 Å². The summed E-state index contributed by atoms with van der Waals surface area (Å²) in [5, 5.41) is 0. The molecule has 9 nitrogen and oxygen atoms in total. The summed E-state index contributed by atoms with van der Waals surface area (Å²) in [7, 11) is -3.68. The maximum absolute atomic E-state index is 13.0. The molecule has 0 N–H and O–H groups in total. The van der Waals surface area contributed by atoms with Gasteiger partial charge in [-0.2, -0.15) is 4.31 Å². The Kier molecular flexibility index (Phi) is 5.70. The van der Waals surface area contributed by atoms with Crippen LogP contribution in [0.2, 0.25) is 0 Å². The number of hydrogen-bond acceptors (Lipinski definition) is 8. The second kappa shape index (κ2) is 8.27. The number of benzene rings is 1. The number of sulfonamides is 1. The van der Waals surface area contributed by atoms with Gasteiger partial charge in [0.05, 0.1) is 16.5 Å². The van der Waals surface area contributed by atoms with Crippen LogP contribution in [-0.4, -0.2) is 50.0 Å². The zero-order valence-electron chi connectivity index (χ0n) is 16.9. The molecule has 0 radical (unpaired) electrons. The van der Waals surface area contributed by atoms with Gasteiger partial charge in [-0.15, -0.1) is 0 Å². The molecule has 0 saturated carbocycles. The SMILES string of the molecule is Cc1nc(COC(=O)C2CCN(S(=O)(=O)c3ccc4c(c3)OCCO4)CC2)oc1C. The molecule has 0 atom stereocenters. The van der Waals surface area contributed by atoms with Crippen molar-refractivity contribution in [3.05, 3.63) is 35.5 Å². The summed E-state index contributed by atoms with van der Waals surface area (Å²) in [6, 6.07) is 4.62. The van der Waals surface area contributed by atoms with Crippen LogP contribution in [0.25, 0.3) is 0 Å². The number of aromatic nitrogens is 1. The van der Waals surface area contributed by atoms with Gasteiger partial charge >= 0.3 is 5.97 Å². The van der Waals surface area contributed by atoms with Gasteiger partial charge in [-0.3, -0.25) is 4.79 Å². The Balaban J connectivity index is 1.34. The van der Waals surface area contributed by atoms with Crippen LogP contribution in [-0.2, 0) is 26.2 Å². The number of carbonyl (C=O) groups is 1. The summed E-state index contributed by atoms with van der Waals surface area (Å²) >= 11 is 0. The Morgan fingerprint density at radius 3 is 2.53 bits per heavy atom. The summed E-state index contributed by atoms with van der Waals surface area (Å²) in [5.74, 6) is 1.31. The summed E-state index contributed by atoms with van der Waals surface area (Å²) in [6.07, 6.45) is 0.790. The maximum Gasteiger partial charge on any atom is 0.309 e. The molecule has 1 aromatic heterocycles. The summed E-state index contributed by atoms with van der Waals surface area (Å²) in [5.41, 5.74) is 0.763. The third-order valence-corrected chi connectivity index (χ3v) is 7.24. The molecule has 162 valence electrons. The molecular weight excluding hydrogens is 412 g/mol. The standard InChI is InChI=1S/C20H24N2O7S/c1-13-14(2)29-19(21-13)12-28-20(23)15-5-7-22(8-6-15)30(24,25)16-3-4-17-18(11-16)27-10-9-26-17/h3-4,11,15H,5-10,12H2,1-2H3. The lowest BCUT2D eigenvalue weighted by Gasteiger charge is -2.30. The number of esters is 1. The fraction of sp³-hybridized carbons (Fsp3) is 0.500. The molecule has 0 aliphatic carbocycles. The third kappa shape index (κ3) is 4.15. The lowest BCUT2D eigenvalue weighted by Crippen LogP contribution is -2.40. The summed E-state index contributed by atoms with van der Waals surface area (Å²) in [6.45, 7) is 4.91. The van der Waals surface area contributed by atoms with Gasteiger partial charge in [0.1, 0.15) is 19.0 Å². The highest BCUT2D eigenvalue weighted by molar-refractivity contribution is 7.89. The van der Waals surface area contributed by atoms with E-state index in [1.807, 2.05) is 6.92 Å². The van der Waals surface area contributed by atoms with Crippen LogP contribution in [0, 0.1) is 19.8 Å². The molecule has 0 spiro atoms. The first-order chi connectivity index (χ1) is 14.3. The Bertz CT molecular complexity index is 1020. The van der Waals surface area contributed by atoms with Crippen LogP contribution in [0.3, 0.4) is 0 Å². The minimum absolute atomic E-state index is 0.0246. The van der Waals surface area contributed by atoms with Gasteiger partial charge < -0.3 is 18.6 Å². The smallest absolute Gasteiger partial charge is 0.309 e. The molecule has 1 saturated heterocycles. The Morgan fingerprint density at radius 1 is 1.17 bits per heavy atom. The topological polar surface area (TPSA) is 108 Å². The molecule has 4 rings (SSSR count). The van der Waals surface area contributed by atoms with E-state index in [0.717, 1.165) is 5.69 Å². The highest BCUT2D eigenvalue weighted by atomic mass is 32.2. The minimum atomic E-state index is -3.68. The zero-order chi connectivity index (χ0) is 21.3. The predicted molar refractivity (Wildman–Crippen MR) is 105 cm³/mol. The first-order valence-corrected chi connectivity index (χ1v) is 11.3. The van der Waals surface area contributed by atoms with Crippen molar-refractivity contribution in [2.45, 2.75) is 38.2 Å². The average molecular weight is 436 g/mol. The van der Waals surface area contributed by atoms with Crippen LogP contribution in [0.15, 0.2) is 27.5 Å². The van der Waals surface area contributed by atoms with E-state index < -0.39 is 10.0 Å². The number of oxazole rings is 1. The molecule has 30 heavy (non-hydrogen) atoms. The zero-order valence-corrected chi connectivity index (χ0v) is 17.7. The van der Waals surface area contributed by atoms with Gasteiger partial charge in [0.15, 0.2) is 18.1 Å². The molecule has 0 unspecified atom stereocenters. The number of piperidine rings is 1. The van der Waals surface area contributed by atoms with Crippen molar-refractivity contribution in [3.63, 3.8) is 0 Å².